The van der Waals surface area contributed by atoms with Crippen LogP contribution in [0.15, 0.2) is 30.5 Å². The number of hydrogen-bond acceptors (Lipinski definition) is 7. The Hall–Kier alpha value is -3.41. The quantitative estimate of drug-likeness (QED) is 0.479. The lowest BCUT2D eigenvalue weighted by Gasteiger charge is -2.35. The van der Waals surface area contributed by atoms with Crippen LogP contribution in [0.25, 0.3) is 0 Å². The van der Waals surface area contributed by atoms with Crippen molar-refractivity contribution in [3.63, 3.8) is 0 Å². The topological polar surface area (TPSA) is 102 Å². The summed E-state index contributed by atoms with van der Waals surface area (Å²) in [6, 6.07) is 6.41. The first-order chi connectivity index (χ1) is 18.6. The minimum absolute atomic E-state index is 0.0275. The van der Waals surface area contributed by atoms with Crippen molar-refractivity contribution >= 4 is 29.3 Å². The number of halogens is 3. The van der Waals surface area contributed by atoms with Crippen molar-refractivity contribution in [1.82, 2.24) is 25.1 Å². The van der Waals surface area contributed by atoms with E-state index in [0.717, 1.165) is 45.0 Å². The Morgan fingerprint density at radius 2 is 1.72 bits per heavy atom. The Labute approximate surface area is 226 Å². The summed E-state index contributed by atoms with van der Waals surface area (Å²) in [5.41, 5.74) is 0.0579. The molecule has 2 aromatic rings. The molecule has 0 unspecified atom stereocenters. The highest BCUT2D eigenvalue weighted by atomic mass is 19.4. The number of amides is 2. The van der Waals surface area contributed by atoms with Gasteiger partial charge >= 0.3 is 6.18 Å². The number of piperidine rings is 1. The Balaban J connectivity index is 1.49. The Bertz CT molecular complexity index is 1150. The standard InChI is InChI=1S/C27H36F3N7O2/c1-31-24(38)20-6-4-5-7-22(20)34-23-21(27(28,29)30)16-32-26(35-23)33-18-10-8-17(9-11-18)25(39)37(3)19-12-14-36(2)15-13-19/h8-11,16,19-20,22H,4-7,12-15H2,1-3H3,(H,31,38)(H2,32,33,34,35)/t20-,22+/m0/s1. The second-order valence-electron chi connectivity index (χ2n) is 10.4. The van der Waals surface area contributed by atoms with E-state index in [-0.39, 0.29) is 29.6 Å². The van der Waals surface area contributed by atoms with E-state index < -0.39 is 23.7 Å². The molecule has 4 rings (SSSR count). The second kappa shape index (κ2) is 12.2. The molecule has 1 saturated heterocycles. The maximum atomic E-state index is 13.8. The average Bonchev–Trinajstić information content (AvgIpc) is 2.92. The molecule has 2 aliphatic rings. The predicted octanol–water partition coefficient (Wildman–Crippen LogP) is 4.12. The smallest absolute Gasteiger partial charge is 0.366 e. The molecule has 1 aliphatic heterocycles. The second-order valence-corrected chi connectivity index (χ2v) is 10.4. The summed E-state index contributed by atoms with van der Waals surface area (Å²) < 4.78 is 41.3. The van der Waals surface area contributed by atoms with Crippen LogP contribution in [0.3, 0.4) is 0 Å². The summed E-state index contributed by atoms with van der Waals surface area (Å²) in [6.45, 7) is 1.89. The third-order valence-electron chi connectivity index (χ3n) is 7.71. The van der Waals surface area contributed by atoms with Gasteiger partial charge in [-0.2, -0.15) is 18.2 Å². The molecular weight excluding hydrogens is 511 g/mol. The minimum atomic E-state index is -4.67. The van der Waals surface area contributed by atoms with Crippen LogP contribution in [0.2, 0.25) is 0 Å². The SMILES string of the molecule is CNC(=O)[C@H]1CCCC[C@H]1Nc1nc(Nc2ccc(C(=O)N(C)C3CCN(C)CC3)cc2)ncc1C(F)(F)F. The summed E-state index contributed by atoms with van der Waals surface area (Å²) in [5, 5.41) is 8.43. The first-order valence-electron chi connectivity index (χ1n) is 13.3. The first-order valence-corrected chi connectivity index (χ1v) is 13.3. The van der Waals surface area contributed by atoms with E-state index in [9.17, 15) is 22.8 Å². The van der Waals surface area contributed by atoms with E-state index in [2.05, 4.69) is 37.9 Å². The van der Waals surface area contributed by atoms with E-state index in [1.807, 2.05) is 7.05 Å². The van der Waals surface area contributed by atoms with E-state index in [1.54, 1.807) is 29.2 Å². The lowest BCUT2D eigenvalue weighted by Crippen LogP contribution is -2.44. The Morgan fingerprint density at radius 3 is 2.36 bits per heavy atom. The van der Waals surface area contributed by atoms with Crippen molar-refractivity contribution in [2.45, 2.75) is 56.8 Å². The number of nitrogens with one attached hydrogen (secondary N) is 3. The summed E-state index contributed by atoms with van der Waals surface area (Å²) >= 11 is 0. The molecule has 12 heteroatoms. The van der Waals surface area contributed by atoms with Crippen molar-refractivity contribution < 1.29 is 22.8 Å². The van der Waals surface area contributed by atoms with Gasteiger partial charge in [0, 0.05) is 43.6 Å². The molecule has 1 aromatic carbocycles. The van der Waals surface area contributed by atoms with Crippen LogP contribution in [0, 0.1) is 5.92 Å². The molecule has 2 atom stereocenters. The van der Waals surface area contributed by atoms with Gasteiger partial charge in [-0.05, 0) is 70.1 Å². The summed E-state index contributed by atoms with van der Waals surface area (Å²) in [6.07, 6.45) is 0.710. The summed E-state index contributed by atoms with van der Waals surface area (Å²) in [4.78, 5) is 37.4. The molecule has 2 fully saturated rings. The van der Waals surface area contributed by atoms with Crippen molar-refractivity contribution in [2.75, 3.05) is 44.9 Å². The van der Waals surface area contributed by atoms with E-state index >= 15 is 0 Å². The first kappa shape index (κ1) is 28.6. The van der Waals surface area contributed by atoms with Crippen molar-refractivity contribution in [1.29, 1.82) is 0 Å². The normalized spacial score (nSPS) is 20.8. The highest BCUT2D eigenvalue weighted by molar-refractivity contribution is 5.94. The molecule has 0 bridgehead atoms. The number of hydrogen-bond donors (Lipinski definition) is 3. The van der Waals surface area contributed by atoms with Gasteiger partial charge < -0.3 is 25.8 Å². The lowest BCUT2D eigenvalue weighted by atomic mass is 9.83. The molecule has 0 radical (unpaired) electrons. The number of likely N-dealkylation sites (tertiary alicyclic amines) is 1. The molecule has 212 valence electrons. The lowest BCUT2D eigenvalue weighted by molar-refractivity contribution is -0.137. The van der Waals surface area contributed by atoms with Crippen molar-refractivity contribution in [2.24, 2.45) is 5.92 Å². The molecule has 2 heterocycles. The number of benzene rings is 1. The fraction of sp³-hybridized carbons (Fsp3) is 0.556. The zero-order valence-electron chi connectivity index (χ0n) is 22.5. The third kappa shape index (κ3) is 6.97. The number of carbonyl (C=O) groups is 2. The summed E-state index contributed by atoms with van der Waals surface area (Å²) in [5.74, 6) is -1.13. The molecule has 3 N–H and O–H groups in total. The monoisotopic (exact) mass is 547 g/mol. The van der Waals surface area contributed by atoms with Crippen LogP contribution in [0.1, 0.15) is 54.4 Å². The number of aromatic nitrogens is 2. The predicted molar refractivity (Wildman–Crippen MR) is 143 cm³/mol. The molecule has 1 aliphatic carbocycles. The third-order valence-corrected chi connectivity index (χ3v) is 7.71. The van der Waals surface area contributed by atoms with Crippen LogP contribution in [0.5, 0.6) is 0 Å². The summed E-state index contributed by atoms with van der Waals surface area (Å²) in [7, 11) is 5.41. The maximum Gasteiger partial charge on any atom is 0.421 e. The Kier molecular flexibility index (Phi) is 8.94. The highest BCUT2D eigenvalue weighted by Gasteiger charge is 2.38. The number of alkyl halides is 3. The molecule has 0 spiro atoms. The van der Waals surface area contributed by atoms with Gasteiger partial charge in [-0.3, -0.25) is 9.59 Å². The number of rotatable bonds is 7. The van der Waals surface area contributed by atoms with E-state index in [4.69, 9.17) is 0 Å². The van der Waals surface area contributed by atoms with Crippen LogP contribution in [-0.2, 0) is 11.0 Å². The molecular formula is C27H36F3N7O2. The van der Waals surface area contributed by atoms with Gasteiger partial charge in [-0.1, -0.05) is 12.8 Å². The fourth-order valence-corrected chi connectivity index (χ4v) is 5.31. The molecule has 2 amide bonds. The highest BCUT2D eigenvalue weighted by Crippen LogP contribution is 2.36. The van der Waals surface area contributed by atoms with Crippen LogP contribution in [-0.4, -0.2) is 77.9 Å². The van der Waals surface area contributed by atoms with Gasteiger partial charge in [0.2, 0.25) is 11.9 Å². The molecule has 1 saturated carbocycles. The van der Waals surface area contributed by atoms with Gasteiger partial charge in [0.05, 0.1) is 5.92 Å². The van der Waals surface area contributed by atoms with Gasteiger partial charge in [0.15, 0.2) is 0 Å². The zero-order chi connectivity index (χ0) is 28.2. The van der Waals surface area contributed by atoms with Gasteiger partial charge in [0.1, 0.15) is 11.4 Å². The van der Waals surface area contributed by atoms with Crippen molar-refractivity contribution in [3.05, 3.63) is 41.6 Å². The molecule has 1 aromatic heterocycles. The largest absolute Gasteiger partial charge is 0.421 e. The molecule has 39 heavy (non-hydrogen) atoms. The average molecular weight is 548 g/mol. The number of nitrogens with zero attached hydrogens (tertiary/aromatic N) is 4. The molecule has 9 nitrogen and oxygen atoms in total. The van der Waals surface area contributed by atoms with Crippen LogP contribution < -0.4 is 16.0 Å². The zero-order valence-corrected chi connectivity index (χ0v) is 22.5. The van der Waals surface area contributed by atoms with Gasteiger partial charge in [-0.15, -0.1) is 0 Å². The van der Waals surface area contributed by atoms with Crippen LogP contribution in [0.4, 0.5) is 30.6 Å². The van der Waals surface area contributed by atoms with Gasteiger partial charge in [0.25, 0.3) is 5.91 Å². The van der Waals surface area contributed by atoms with E-state index in [1.165, 1.54) is 7.05 Å². The maximum absolute atomic E-state index is 13.8. The minimum Gasteiger partial charge on any atom is -0.366 e. The van der Waals surface area contributed by atoms with Crippen LogP contribution >= 0.6 is 0 Å². The number of anilines is 3. The Morgan fingerprint density at radius 1 is 1.05 bits per heavy atom. The van der Waals surface area contributed by atoms with E-state index in [0.29, 0.717) is 24.1 Å². The van der Waals surface area contributed by atoms with Gasteiger partial charge in [-0.25, -0.2) is 4.98 Å². The number of carbonyl (C=O) groups excluding carboxylic acids is 2. The fourth-order valence-electron chi connectivity index (χ4n) is 5.31. The van der Waals surface area contributed by atoms with Crippen molar-refractivity contribution in [3.8, 4) is 0 Å².